The molecule has 8 rings (SSSR count). The molecular weight excluding hydrogens is 617 g/mol. The lowest BCUT2D eigenvalue weighted by Crippen LogP contribution is -2.20. The Bertz CT molecular complexity index is 2440. The molecule has 1 aromatic heterocycles. The molecule has 0 spiro atoms. The highest BCUT2D eigenvalue weighted by Crippen LogP contribution is 2.42. The number of hydrogen-bond donors (Lipinski definition) is 0. The molecule has 1 unspecified atom stereocenters. The van der Waals surface area contributed by atoms with E-state index in [1.807, 2.05) is 0 Å². The molecule has 6 aromatic carbocycles. The Morgan fingerprint density at radius 3 is 1.96 bits per heavy atom. The van der Waals surface area contributed by atoms with Crippen LogP contribution in [0.15, 0.2) is 194 Å². The molecular formula is C49H42N2. The van der Waals surface area contributed by atoms with Crippen LogP contribution in [-0.2, 0) is 5.41 Å². The van der Waals surface area contributed by atoms with Crippen molar-refractivity contribution >= 4 is 38.8 Å². The second-order valence-electron chi connectivity index (χ2n) is 13.5. The van der Waals surface area contributed by atoms with Gasteiger partial charge in [-0.05, 0) is 103 Å². The van der Waals surface area contributed by atoms with Gasteiger partial charge in [0.25, 0.3) is 0 Å². The van der Waals surface area contributed by atoms with Gasteiger partial charge >= 0.3 is 0 Å². The van der Waals surface area contributed by atoms with E-state index >= 15 is 0 Å². The van der Waals surface area contributed by atoms with Crippen molar-refractivity contribution in [3.8, 4) is 16.8 Å². The lowest BCUT2D eigenvalue weighted by molar-refractivity contribution is 0.602. The van der Waals surface area contributed by atoms with Crippen molar-refractivity contribution in [2.75, 3.05) is 4.90 Å². The average Bonchev–Trinajstić information content (AvgIpc) is 3.52. The number of allylic oxidation sites excluding steroid dienone is 7. The van der Waals surface area contributed by atoms with Gasteiger partial charge in [-0.1, -0.05) is 140 Å². The van der Waals surface area contributed by atoms with Crippen LogP contribution < -0.4 is 4.90 Å². The number of rotatable bonds is 8. The first-order chi connectivity index (χ1) is 25.1. The second-order valence-corrected chi connectivity index (χ2v) is 13.5. The highest BCUT2D eigenvalue weighted by molar-refractivity contribution is 6.10. The number of anilines is 2. The van der Waals surface area contributed by atoms with Crippen molar-refractivity contribution in [1.82, 2.24) is 4.57 Å². The van der Waals surface area contributed by atoms with E-state index in [2.05, 4.69) is 218 Å². The van der Waals surface area contributed by atoms with Crippen LogP contribution in [0.25, 0.3) is 44.2 Å². The van der Waals surface area contributed by atoms with Gasteiger partial charge in [0.2, 0.25) is 0 Å². The quantitative estimate of drug-likeness (QED) is 0.148. The Hall–Kier alpha value is -6.12. The van der Waals surface area contributed by atoms with Crippen LogP contribution in [0.1, 0.15) is 38.3 Å². The smallest absolute Gasteiger partial charge is 0.0561 e. The lowest BCUT2D eigenvalue weighted by atomic mass is 9.75. The molecule has 2 nitrogen and oxygen atoms in total. The predicted octanol–water partition coefficient (Wildman–Crippen LogP) is 13.4. The Labute approximate surface area is 301 Å². The molecule has 1 atom stereocenters. The van der Waals surface area contributed by atoms with Crippen molar-refractivity contribution in [1.29, 1.82) is 0 Å². The van der Waals surface area contributed by atoms with Gasteiger partial charge in [-0.2, -0.15) is 0 Å². The highest BCUT2D eigenvalue weighted by atomic mass is 15.1. The molecule has 1 heterocycles. The molecule has 0 saturated heterocycles. The summed E-state index contributed by atoms with van der Waals surface area (Å²) in [5.74, 6) is 0. The number of hydrogen-bond acceptors (Lipinski definition) is 1. The van der Waals surface area contributed by atoms with E-state index in [1.165, 1.54) is 49.6 Å². The van der Waals surface area contributed by atoms with Gasteiger partial charge in [0.15, 0.2) is 0 Å². The van der Waals surface area contributed by atoms with Crippen LogP contribution in [-0.4, -0.2) is 4.57 Å². The number of fused-ring (bicyclic) bond motifs is 3. The average molecular weight is 659 g/mol. The van der Waals surface area contributed by atoms with Crippen LogP contribution in [0.4, 0.5) is 11.4 Å². The van der Waals surface area contributed by atoms with Gasteiger partial charge in [-0.25, -0.2) is 0 Å². The largest absolute Gasteiger partial charge is 0.311 e. The predicted molar refractivity (Wildman–Crippen MR) is 219 cm³/mol. The van der Waals surface area contributed by atoms with Gasteiger partial charge in [0, 0.05) is 38.9 Å². The van der Waals surface area contributed by atoms with Gasteiger partial charge in [0.05, 0.1) is 11.0 Å². The number of benzene rings is 6. The fourth-order valence-corrected chi connectivity index (χ4v) is 7.50. The van der Waals surface area contributed by atoms with Gasteiger partial charge < -0.3 is 9.47 Å². The van der Waals surface area contributed by atoms with E-state index in [0.29, 0.717) is 0 Å². The van der Waals surface area contributed by atoms with Crippen LogP contribution in [0, 0.1) is 0 Å². The molecule has 51 heavy (non-hydrogen) atoms. The van der Waals surface area contributed by atoms with E-state index in [1.54, 1.807) is 0 Å². The Kier molecular flexibility index (Phi) is 8.59. The van der Waals surface area contributed by atoms with E-state index < -0.39 is 0 Å². The van der Waals surface area contributed by atoms with E-state index in [9.17, 15) is 0 Å². The van der Waals surface area contributed by atoms with E-state index in [0.717, 1.165) is 29.2 Å². The Balaban J connectivity index is 1.19. The van der Waals surface area contributed by atoms with Gasteiger partial charge in [0.1, 0.15) is 0 Å². The molecule has 1 aliphatic rings. The maximum atomic E-state index is 2.43. The van der Waals surface area contributed by atoms with Gasteiger partial charge in [-0.3, -0.25) is 0 Å². The van der Waals surface area contributed by atoms with Crippen LogP contribution in [0.2, 0.25) is 0 Å². The zero-order valence-corrected chi connectivity index (χ0v) is 29.5. The maximum Gasteiger partial charge on any atom is 0.0561 e. The molecule has 1 aliphatic carbocycles. The van der Waals surface area contributed by atoms with Crippen molar-refractivity contribution in [3.63, 3.8) is 0 Å². The topological polar surface area (TPSA) is 8.17 Å². The third-order valence-electron chi connectivity index (χ3n) is 10.3. The van der Waals surface area contributed by atoms with Crippen molar-refractivity contribution in [2.24, 2.45) is 0 Å². The van der Waals surface area contributed by atoms with Crippen LogP contribution in [0.3, 0.4) is 0 Å². The molecule has 248 valence electrons. The number of aromatic nitrogens is 1. The van der Waals surface area contributed by atoms with E-state index in [-0.39, 0.29) is 5.41 Å². The summed E-state index contributed by atoms with van der Waals surface area (Å²) in [5, 5.41) is 2.52. The lowest BCUT2D eigenvalue weighted by Gasteiger charge is -2.29. The van der Waals surface area contributed by atoms with Crippen LogP contribution in [0.5, 0.6) is 0 Å². The summed E-state index contributed by atoms with van der Waals surface area (Å²) < 4.78 is 2.42. The first-order valence-corrected chi connectivity index (χ1v) is 17.9. The molecule has 0 aliphatic heterocycles. The summed E-state index contributed by atoms with van der Waals surface area (Å²) >= 11 is 0. The van der Waals surface area contributed by atoms with Crippen LogP contribution >= 0.6 is 0 Å². The standard InChI is InChI=1S/C49H42N2/c1-4-15-41(5-2)50(42-18-11-7-12-19-42)44-27-28-45-46-34-40(26-29-47(46)51(48(45)35-44)43-20-13-8-14-21-43)49(3)32-30-39(31-33-49)38-24-22-37(23-25-38)36-16-9-6-10-17-36/h4-32,34-35H,33H2,1-3H3/b15-4-,41-5+. The molecule has 0 saturated carbocycles. The first kappa shape index (κ1) is 32.1. The summed E-state index contributed by atoms with van der Waals surface area (Å²) in [6.45, 7) is 6.54. The molecule has 0 radical (unpaired) electrons. The SMILES string of the molecule is C/C=C\C(=C/C)N(c1ccccc1)c1ccc2c3cc(C4(C)C=CC(c5ccc(-c6ccccc6)cc5)=CC4)ccc3n(-c3ccccc3)c2c1. The number of para-hydroxylation sites is 2. The maximum absolute atomic E-state index is 2.43. The third-order valence-corrected chi connectivity index (χ3v) is 10.3. The Morgan fingerprint density at radius 2 is 1.29 bits per heavy atom. The summed E-state index contributed by atoms with van der Waals surface area (Å²) in [6, 6.07) is 54.9. The minimum absolute atomic E-state index is 0.111. The molecule has 7 aromatic rings. The van der Waals surface area contributed by atoms with Crippen molar-refractivity contribution < 1.29 is 0 Å². The fourth-order valence-electron chi connectivity index (χ4n) is 7.50. The van der Waals surface area contributed by atoms with E-state index in [4.69, 9.17) is 0 Å². The fraction of sp³-hybridized carbons (Fsp3) is 0.102. The first-order valence-electron chi connectivity index (χ1n) is 17.9. The molecule has 0 amide bonds. The zero-order valence-electron chi connectivity index (χ0n) is 29.5. The minimum atomic E-state index is -0.111. The summed E-state index contributed by atoms with van der Waals surface area (Å²) in [5.41, 5.74) is 13.2. The van der Waals surface area contributed by atoms with Crippen molar-refractivity contribution in [3.05, 3.63) is 205 Å². The Morgan fingerprint density at radius 1 is 0.627 bits per heavy atom. The summed E-state index contributed by atoms with van der Waals surface area (Å²) in [6.07, 6.45) is 14.5. The second kappa shape index (κ2) is 13.7. The van der Waals surface area contributed by atoms with Crippen molar-refractivity contribution in [2.45, 2.75) is 32.6 Å². The molecule has 0 N–H and O–H groups in total. The number of nitrogens with zero attached hydrogens (tertiary/aromatic N) is 2. The molecule has 0 bridgehead atoms. The molecule has 2 heteroatoms. The summed E-state index contributed by atoms with van der Waals surface area (Å²) in [7, 11) is 0. The highest BCUT2D eigenvalue weighted by Gasteiger charge is 2.27. The van der Waals surface area contributed by atoms with Gasteiger partial charge in [-0.15, -0.1) is 0 Å². The summed E-state index contributed by atoms with van der Waals surface area (Å²) in [4.78, 5) is 2.34. The normalized spacial score (nSPS) is 16.2. The monoisotopic (exact) mass is 658 g/mol. The zero-order chi connectivity index (χ0) is 34.8. The third kappa shape index (κ3) is 6.04. The molecule has 0 fully saturated rings. The minimum Gasteiger partial charge on any atom is -0.311 e.